The van der Waals surface area contributed by atoms with Gasteiger partial charge >= 0.3 is 11.9 Å². The van der Waals surface area contributed by atoms with Gasteiger partial charge < -0.3 is 9.47 Å². The molecule has 1 N–H and O–H groups in total. The van der Waals surface area contributed by atoms with Gasteiger partial charge in [-0.2, -0.15) is 15.4 Å². The molecule has 2 atom stereocenters. The number of nitrogens with zero attached hydrogens (tertiary/aromatic N) is 4. The zero-order chi connectivity index (χ0) is 26.2. The minimum atomic E-state index is -2.08. The summed E-state index contributed by atoms with van der Waals surface area (Å²) in [5, 5.41) is 24.8. The molecule has 36 heavy (non-hydrogen) atoms. The van der Waals surface area contributed by atoms with Crippen LogP contribution in [0.5, 0.6) is 0 Å². The van der Waals surface area contributed by atoms with Gasteiger partial charge in [-0.3, -0.25) is 15.1 Å². The van der Waals surface area contributed by atoms with Crippen LogP contribution in [0.25, 0.3) is 0 Å². The first-order chi connectivity index (χ1) is 17.2. The molecule has 2 aromatic carbocycles. The van der Waals surface area contributed by atoms with Gasteiger partial charge in [-0.15, -0.1) is 0 Å². The van der Waals surface area contributed by atoms with Crippen LogP contribution in [-0.4, -0.2) is 43.6 Å². The molecule has 1 spiro atoms. The number of benzene rings is 2. The number of carbonyl (C=O) groups excluding carboxylic acids is 3. The van der Waals surface area contributed by atoms with Crippen LogP contribution in [0.2, 0.25) is 0 Å². The largest absolute Gasteiger partial charge is 0.466 e. The maximum atomic E-state index is 14.1. The first kappa shape index (κ1) is 24.3. The number of carbonyl (C=O) groups is 3. The Kier molecular flexibility index (Phi) is 6.16. The average molecular weight is 486 g/mol. The monoisotopic (exact) mass is 485 g/mol. The number of rotatable bonds is 4. The van der Waals surface area contributed by atoms with Crippen LogP contribution >= 0.6 is 0 Å². The van der Waals surface area contributed by atoms with Crippen LogP contribution < -0.4 is 9.91 Å². The Morgan fingerprint density at radius 3 is 2.17 bits per heavy atom. The fourth-order valence-corrected chi connectivity index (χ4v) is 4.63. The predicted octanol–water partition coefficient (Wildman–Crippen LogP) is 2.94. The lowest BCUT2D eigenvalue weighted by molar-refractivity contribution is -0.141. The van der Waals surface area contributed by atoms with E-state index < -0.39 is 34.8 Å². The molecule has 2 heterocycles. The summed E-state index contributed by atoms with van der Waals surface area (Å²) >= 11 is 0. The molecule has 0 saturated heterocycles. The van der Waals surface area contributed by atoms with Gasteiger partial charge in [-0.25, -0.2) is 9.59 Å². The highest BCUT2D eigenvalue weighted by Gasteiger charge is 2.66. The lowest BCUT2D eigenvalue weighted by atomic mass is 9.63. The minimum Gasteiger partial charge on any atom is -0.466 e. The van der Waals surface area contributed by atoms with Crippen LogP contribution in [0.1, 0.15) is 12.5 Å². The van der Waals surface area contributed by atoms with Crippen molar-refractivity contribution < 1.29 is 23.9 Å². The van der Waals surface area contributed by atoms with Gasteiger partial charge in [0.15, 0.2) is 0 Å². The second-order valence-electron chi connectivity index (χ2n) is 8.27. The fraction of sp³-hybridized carbons (Fsp3) is 0.231. The molecule has 10 heteroatoms. The van der Waals surface area contributed by atoms with Crippen LogP contribution in [0.3, 0.4) is 0 Å². The van der Waals surface area contributed by atoms with E-state index in [0.29, 0.717) is 11.4 Å². The van der Waals surface area contributed by atoms with Crippen molar-refractivity contribution in [3.63, 3.8) is 0 Å². The Labute approximate surface area is 207 Å². The van der Waals surface area contributed by atoms with Gasteiger partial charge in [-0.05, 0) is 38.1 Å². The Morgan fingerprint density at radius 1 is 1.00 bits per heavy atom. The topological polar surface area (TPSA) is 136 Å². The molecule has 0 fully saturated rings. The fourth-order valence-electron chi connectivity index (χ4n) is 4.63. The molecular weight excluding hydrogens is 462 g/mol. The van der Waals surface area contributed by atoms with E-state index in [0.717, 1.165) is 29.7 Å². The van der Waals surface area contributed by atoms with E-state index in [1.807, 2.05) is 13.0 Å². The van der Waals surface area contributed by atoms with E-state index in [2.05, 4.69) is 5.10 Å². The number of methoxy groups -OCH3 is 2. The molecule has 10 nitrogen and oxygen atoms in total. The van der Waals surface area contributed by atoms with Crippen molar-refractivity contribution in [2.75, 3.05) is 24.1 Å². The standard InChI is InChI=1S/C26H23N5O5/c1-15-10-12-17(13-11-15)30-21(24(33)36-4)20(23(32)35-3)26(19(14-27)22(30)28)16(2)29-31(25(26)34)18-8-6-5-7-9-18/h5-13,19,28H,1-4H3. The van der Waals surface area contributed by atoms with Gasteiger partial charge in [0.2, 0.25) is 0 Å². The summed E-state index contributed by atoms with van der Waals surface area (Å²) in [4.78, 5) is 41.9. The van der Waals surface area contributed by atoms with Gasteiger partial charge in [0, 0.05) is 5.69 Å². The van der Waals surface area contributed by atoms with Crippen molar-refractivity contribution in [3.05, 3.63) is 71.4 Å². The summed E-state index contributed by atoms with van der Waals surface area (Å²) in [6.45, 7) is 3.35. The number of amides is 1. The summed E-state index contributed by atoms with van der Waals surface area (Å²) < 4.78 is 10.0. The van der Waals surface area contributed by atoms with Crippen molar-refractivity contribution in [1.29, 1.82) is 10.7 Å². The van der Waals surface area contributed by atoms with Crippen molar-refractivity contribution in [2.24, 2.45) is 16.4 Å². The lowest BCUT2D eigenvalue weighted by Crippen LogP contribution is -2.59. The predicted molar refractivity (Wildman–Crippen MR) is 131 cm³/mol. The molecule has 2 aromatic rings. The number of ether oxygens (including phenoxy) is 2. The lowest BCUT2D eigenvalue weighted by Gasteiger charge is -2.43. The Balaban J connectivity index is 2.10. The smallest absolute Gasteiger partial charge is 0.355 e. The SMILES string of the molecule is COC(=O)C1=C(C(=O)OC)C2(C(=O)N(c3ccccc3)N=C2C)C(C#N)C(=N)N1c1ccc(C)cc1. The number of hydrogen-bond donors (Lipinski definition) is 1. The Hall–Kier alpha value is -4.78. The Bertz CT molecular complexity index is 1370. The number of amidine groups is 1. The van der Waals surface area contributed by atoms with Gasteiger partial charge in [0.05, 0.1) is 37.3 Å². The summed E-state index contributed by atoms with van der Waals surface area (Å²) in [6, 6.07) is 17.3. The van der Waals surface area contributed by atoms with E-state index in [-0.39, 0.29) is 17.2 Å². The number of anilines is 2. The van der Waals surface area contributed by atoms with E-state index in [4.69, 9.17) is 14.9 Å². The second-order valence-corrected chi connectivity index (χ2v) is 8.27. The van der Waals surface area contributed by atoms with Crippen molar-refractivity contribution in [3.8, 4) is 6.07 Å². The molecule has 4 rings (SSSR count). The molecular formula is C26H23N5O5. The average Bonchev–Trinajstić information content (AvgIpc) is 3.14. The van der Waals surface area contributed by atoms with Crippen LogP contribution in [-0.2, 0) is 23.9 Å². The molecule has 2 unspecified atom stereocenters. The molecule has 0 saturated carbocycles. The normalized spacial score (nSPS) is 21.4. The number of esters is 2. The quantitative estimate of drug-likeness (QED) is 0.658. The molecule has 0 bridgehead atoms. The molecule has 2 aliphatic rings. The molecule has 0 radical (unpaired) electrons. The van der Waals surface area contributed by atoms with E-state index in [9.17, 15) is 19.6 Å². The summed E-state index contributed by atoms with van der Waals surface area (Å²) in [7, 11) is 2.23. The highest BCUT2D eigenvalue weighted by atomic mass is 16.5. The number of hydrazone groups is 1. The van der Waals surface area contributed by atoms with Crippen LogP contribution in [0.15, 0.2) is 71.0 Å². The van der Waals surface area contributed by atoms with Crippen LogP contribution in [0, 0.1) is 35.0 Å². The minimum absolute atomic E-state index is 0.0676. The molecule has 0 aromatic heterocycles. The highest BCUT2D eigenvalue weighted by Crippen LogP contribution is 2.51. The third-order valence-electron chi connectivity index (χ3n) is 6.34. The van der Waals surface area contributed by atoms with Crippen molar-refractivity contribution in [1.82, 2.24) is 0 Å². The van der Waals surface area contributed by atoms with E-state index in [1.54, 1.807) is 54.6 Å². The van der Waals surface area contributed by atoms with Crippen molar-refractivity contribution >= 4 is 40.8 Å². The van der Waals surface area contributed by atoms with Gasteiger partial charge in [-0.1, -0.05) is 35.9 Å². The second kappa shape index (κ2) is 9.11. The third-order valence-corrected chi connectivity index (χ3v) is 6.34. The van der Waals surface area contributed by atoms with E-state index >= 15 is 0 Å². The molecule has 2 aliphatic heterocycles. The maximum absolute atomic E-state index is 14.1. The Morgan fingerprint density at radius 2 is 1.61 bits per heavy atom. The van der Waals surface area contributed by atoms with Crippen molar-refractivity contribution in [2.45, 2.75) is 13.8 Å². The number of aryl methyl sites for hydroxylation is 1. The number of nitriles is 1. The van der Waals surface area contributed by atoms with E-state index in [1.165, 1.54) is 6.92 Å². The van der Waals surface area contributed by atoms with Gasteiger partial charge in [0.25, 0.3) is 5.91 Å². The van der Waals surface area contributed by atoms with Gasteiger partial charge in [0.1, 0.15) is 22.9 Å². The summed E-state index contributed by atoms with van der Waals surface area (Å²) in [5.41, 5.74) is -1.17. The molecule has 182 valence electrons. The first-order valence-electron chi connectivity index (χ1n) is 11.0. The third kappa shape index (κ3) is 3.36. The zero-order valence-corrected chi connectivity index (χ0v) is 20.1. The summed E-state index contributed by atoms with van der Waals surface area (Å²) in [5.74, 6) is -4.64. The first-order valence-corrected chi connectivity index (χ1v) is 11.0. The summed E-state index contributed by atoms with van der Waals surface area (Å²) in [6.07, 6.45) is 0. The maximum Gasteiger partial charge on any atom is 0.355 e. The molecule has 0 aliphatic carbocycles. The van der Waals surface area contributed by atoms with Crippen LogP contribution in [0.4, 0.5) is 11.4 Å². The molecule has 1 amide bonds. The number of hydrogen-bond acceptors (Lipinski definition) is 8. The highest BCUT2D eigenvalue weighted by molar-refractivity contribution is 6.31. The number of para-hydroxylation sites is 1. The number of nitrogens with one attached hydrogen (secondary N) is 1. The zero-order valence-electron chi connectivity index (χ0n) is 20.1.